The van der Waals surface area contributed by atoms with Crippen molar-refractivity contribution >= 4 is 11.6 Å². The van der Waals surface area contributed by atoms with Crippen LogP contribution < -0.4 is 15.5 Å². The van der Waals surface area contributed by atoms with Gasteiger partial charge in [0.2, 0.25) is 0 Å². The number of nitrogens with one attached hydrogen (secondary N) is 2. The van der Waals surface area contributed by atoms with Crippen LogP contribution in [0.4, 0.5) is 5.69 Å². The predicted octanol–water partition coefficient (Wildman–Crippen LogP) is 3.42. The molecule has 0 radical (unpaired) electrons. The number of anilines is 1. The molecule has 5 heteroatoms. The lowest BCUT2D eigenvalue weighted by atomic mass is 10.1. The summed E-state index contributed by atoms with van der Waals surface area (Å²) in [5, 5.41) is 6.85. The van der Waals surface area contributed by atoms with Gasteiger partial charge in [-0.3, -0.25) is 9.98 Å². The van der Waals surface area contributed by atoms with Crippen LogP contribution in [0.5, 0.6) is 0 Å². The molecule has 0 spiro atoms. The van der Waals surface area contributed by atoms with Crippen molar-refractivity contribution in [3.63, 3.8) is 0 Å². The first-order valence-electron chi connectivity index (χ1n) is 9.40. The van der Waals surface area contributed by atoms with E-state index in [-0.39, 0.29) is 6.04 Å². The van der Waals surface area contributed by atoms with E-state index in [0.717, 1.165) is 24.7 Å². The Hall–Kier alpha value is -2.56. The van der Waals surface area contributed by atoms with Crippen molar-refractivity contribution < 1.29 is 0 Å². The molecule has 26 heavy (non-hydrogen) atoms. The summed E-state index contributed by atoms with van der Waals surface area (Å²) in [5.74, 6) is 0.786. The number of aryl methyl sites for hydroxylation is 1. The smallest absolute Gasteiger partial charge is 0.191 e. The molecule has 0 bridgehead atoms. The van der Waals surface area contributed by atoms with Crippen LogP contribution in [-0.4, -0.2) is 31.1 Å². The van der Waals surface area contributed by atoms with Crippen LogP contribution in [0.3, 0.4) is 0 Å². The Morgan fingerprint density at radius 3 is 2.77 bits per heavy atom. The van der Waals surface area contributed by atoms with Gasteiger partial charge >= 0.3 is 0 Å². The Morgan fingerprint density at radius 1 is 1.23 bits per heavy atom. The summed E-state index contributed by atoms with van der Waals surface area (Å²) >= 11 is 0. The minimum atomic E-state index is 0.175. The summed E-state index contributed by atoms with van der Waals surface area (Å²) in [6.07, 6.45) is 4.41. The normalized spacial score (nSPS) is 15.8. The molecule has 2 aromatic rings. The molecule has 1 aromatic carbocycles. The topological polar surface area (TPSA) is 52.6 Å². The third kappa shape index (κ3) is 4.54. The lowest BCUT2D eigenvalue weighted by molar-refractivity contribution is 0.682. The van der Waals surface area contributed by atoms with Gasteiger partial charge in [-0.2, -0.15) is 0 Å². The van der Waals surface area contributed by atoms with Gasteiger partial charge in [-0.15, -0.1) is 0 Å². The van der Waals surface area contributed by atoms with Crippen molar-refractivity contribution in [1.29, 1.82) is 0 Å². The molecule has 1 unspecified atom stereocenters. The standard InChI is InChI=1S/C21H29N5/c1-16-8-7-11-23-20(16)15-24-21(22-3)25-17(2)18-9-6-10-19(14-18)26-12-4-5-13-26/h6-11,14,17H,4-5,12-13,15H2,1-3H3,(H2,22,24,25). The largest absolute Gasteiger partial charge is 0.372 e. The van der Waals surface area contributed by atoms with Gasteiger partial charge in [-0.25, -0.2) is 0 Å². The first-order valence-corrected chi connectivity index (χ1v) is 9.40. The van der Waals surface area contributed by atoms with Gasteiger partial charge in [-0.05, 0) is 56.0 Å². The van der Waals surface area contributed by atoms with E-state index in [0.29, 0.717) is 6.54 Å². The Morgan fingerprint density at radius 2 is 2.04 bits per heavy atom. The maximum absolute atomic E-state index is 4.43. The van der Waals surface area contributed by atoms with Gasteiger partial charge in [0.1, 0.15) is 0 Å². The van der Waals surface area contributed by atoms with Crippen molar-refractivity contribution in [2.45, 2.75) is 39.3 Å². The highest BCUT2D eigenvalue weighted by Crippen LogP contribution is 2.23. The van der Waals surface area contributed by atoms with Gasteiger partial charge in [-0.1, -0.05) is 18.2 Å². The summed E-state index contributed by atoms with van der Waals surface area (Å²) in [6, 6.07) is 13.0. The summed E-state index contributed by atoms with van der Waals surface area (Å²) in [5.41, 5.74) is 4.81. The number of guanidine groups is 1. The van der Waals surface area contributed by atoms with E-state index in [1.807, 2.05) is 12.3 Å². The molecule has 1 fully saturated rings. The lowest BCUT2D eigenvalue weighted by Gasteiger charge is -2.22. The number of benzene rings is 1. The first kappa shape index (κ1) is 18.2. The van der Waals surface area contributed by atoms with Crippen LogP contribution in [0.25, 0.3) is 0 Å². The van der Waals surface area contributed by atoms with Crippen molar-refractivity contribution in [2.75, 3.05) is 25.0 Å². The molecule has 1 aliphatic rings. The molecule has 1 aliphatic heterocycles. The van der Waals surface area contributed by atoms with E-state index < -0.39 is 0 Å². The quantitative estimate of drug-likeness (QED) is 0.640. The molecule has 0 aliphatic carbocycles. The highest BCUT2D eigenvalue weighted by Gasteiger charge is 2.14. The van der Waals surface area contributed by atoms with E-state index in [1.165, 1.54) is 29.7 Å². The van der Waals surface area contributed by atoms with Crippen LogP contribution >= 0.6 is 0 Å². The number of nitrogens with zero attached hydrogens (tertiary/aromatic N) is 3. The number of rotatable bonds is 5. The predicted molar refractivity (Wildman–Crippen MR) is 109 cm³/mol. The molecule has 1 aromatic heterocycles. The van der Waals surface area contributed by atoms with Gasteiger partial charge in [0.15, 0.2) is 5.96 Å². The van der Waals surface area contributed by atoms with Crippen LogP contribution in [0.2, 0.25) is 0 Å². The zero-order valence-corrected chi connectivity index (χ0v) is 16.0. The Kier molecular flexibility index (Phi) is 6.10. The highest BCUT2D eigenvalue weighted by atomic mass is 15.2. The second-order valence-electron chi connectivity index (χ2n) is 6.85. The number of hydrogen-bond acceptors (Lipinski definition) is 3. The second-order valence-corrected chi connectivity index (χ2v) is 6.85. The van der Waals surface area contributed by atoms with Gasteiger partial charge in [0.05, 0.1) is 18.3 Å². The Bertz CT molecular complexity index is 750. The summed E-state index contributed by atoms with van der Waals surface area (Å²) in [7, 11) is 1.80. The zero-order chi connectivity index (χ0) is 18.4. The molecule has 2 heterocycles. The van der Waals surface area contributed by atoms with Crippen molar-refractivity contribution in [3.8, 4) is 0 Å². The van der Waals surface area contributed by atoms with E-state index in [1.54, 1.807) is 7.05 Å². The monoisotopic (exact) mass is 351 g/mol. The number of aliphatic imine (C=N–C) groups is 1. The summed E-state index contributed by atoms with van der Waals surface area (Å²) in [6.45, 7) is 7.23. The van der Waals surface area contributed by atoms with E-state index in [9.17, 15) is 0 Å². The van der Waals surface area contributed by atoms with E-state index in [2.05, 4.69) is 69.7 Å². The minimum absolute atomic E-state index is 0.175. The lowest BCUT2D eigenvalue weighted by Crippen LogP contribution is -2.38. The minimum Gasteiger partial charge on any atom is -0.372 e. The molecular weight excluding hydrogens is 322 g/mol. The van der Waals surface area contributed by atoms with Crippen LogP contribution in [0.15, 0.2) is 47.6 Å². The first-order chi connectivity index (χ1) is 12.7. The molecule has 0 saturated carbocycles. The summed E-state index contributed by atoms with van der Waals surface area (Å²) in [4.78, 5) is 11.2. The van der Waals surface area contributed by atoms with Crippen molar-refractivity contribution in [2.24, 2.45) is 4.99 Å². The maximum Gasteiger partial charge on any atom is 0.191 e. The highest BCUT2D eigenvalue weighted by molar-refractivity contribution is 5.80. The van der Waals surface area contributed by atoms with E-state index >= 15 is 0 Å². The van der Waals surface area contributed by atoms with Gasteiger partial charge in [0.25, 0.3) is 0 Å². The maximum atomic E-state index is 4.43. The molecule has 2 N–H and O–H groups in total. The van der Waals surface area contributed by atoms with Gasteiger partial charge in [0, 0.05) is 32.0 Å². The summed E-state index contributed by atoms with van der Waals surface area (Å²) < 4.78 is 0. The second kappa shape index (κ2) is 8.70. The molecule has 3 rings (SSSR count). The Balaban J connectivity index is 1.61. The Labute approximate surface area is 156 Å². The zero-order valence-electron chi connectivity index (χ0n) is 16.0. The SMILES string of the molecule is CN=C(NCc1ncccc1C)NC(C)c1cccc(N2CCCC2)c1. The average molecular weight is 351 g/mol. The number of pyridine rings is 1. The number of hydrogen-bond donors (Lipinski definition) is 2. The van der Waals surface area contributed by atoms with Crippen LogP contribution in [-0.2, 0) is 6.54 Å². The van der Waals surface area contributed by atoms with Crippen molar-refractivity contribution in [3.05, 3.63) is 59.4 Å². The third-order valence-corrected chi connectivity index (χ3v) is 4.96. The fourth-order valence-corrected chi connectivity index (χ4v) is 3.32. The molecular formula is C21H29N5. The van der Waals surface area contributed by atoms with Crippen molar-refractivity contribution in [1.82, 2.24) is 15.6 Å². The molecule has 1 atom stereocenters. The number of aromatic nitrogens is 1. The third-order valence-electron chi connectivity index (χ3n) is 4.96. The molecule has 1 saturated heterocycles. The molecule has 0 amide bonds. The fourth-order valence-electron chi connectivity index (χ4n) is 3.32. The molecule has 5 nitrogen and oxygen atoms in total. The van der Waals surface area contributed by atoms with Crippen LogP contribution in [0, 0.1) is 6.92 Å². The fraction of sp³-hybridized carbons (Fsp3) is 0.429. The van der Waals surface area contributed by atoms with Crippen LogP contribution in [0.1, 0.15) is 42.6 Å². The van der Waals surface area contributed by atoms with E-state index in [4.69, 9.17) is 0 Å². The average Bonchev–Trinajstić information content (AvgIpc) is 3.21. The van der Waals surface area contributed by atoms with Gasteiger partial charge < -0.3 is 15.5 Å². The molecule has 138 valence electrons.